The number of aromatic nitrogens is 1. The monoisotopic (exact) mass is 316 g/mol. The molecule has 0 spiro atoms. The number of hydrogen-bond acceptors (Lipinski definition) is 2. The summed E-state index contributed by atoms with van der Waals surface area (Å²) in [6, 6.07) is 21.5. The number of furan rings is 1. The summed E-state index contributed by atoms with van der Waals surface area (Å²) in [6.07, 6.45) is 1.60. The number of para-hydroxylation sites is 1. The molecule has 2 N–H and O–H groups in total. The predicted octanol–water partition coefficient (Wildman–Crippen LogP) is 4.36. The summed E-state index contributed by atoms with van der Waals surface area (Å²) >= 11 is 0. The van der Waals surface area contributed by atoms with E-state index >= 15 is 0 Å². The lowest BCUT2D eigenvalue weighted by Crippen LogP contribution is -2.23. The molecule has 0 aliphatic rings. The summed E-state index contributed by atoms with van der Waals surface area (Å²) in [5.74, 6) is 0.571. The van der Waals surface area contributed by atoms with Gasteiger partial charge >= 0.3 is 0 Å². The minimum atomic E-state index is -0.151. The van der Waals surface area contributed by atoms with Gasteiger partial charge in [0, 0.05) is 16.5 Å². The fourth-order valence-corrected chi connectivity index (χ4v) is 2.89. The van der Waals surface area contributed by atoms with Crippen molar-refractivity contribution < 1.29 is 9.21 Å². The van der Waals surface area contributed by atoms with Crippen LogP contribution in [0.2, 0.25) is 0 Å². The molecule has 4 nitrogen and oxygen atoms in total. The second-order valence-corrected chi connectivity index (χ2v) is 5.55. The molecule has 2 aromatic carbocycles. The Bertz CT molecular complexity index is 969. The van der Waals surface area contributed by atoms with Crippen LogP contribution in [0.25, 0.3) is 22.0 Å². The zero-order chi connectivity index (χ0) is 16.4. The third-order valence-electron chi connectivity index (χ3n) is 4.00. The van der Waals surface area contributed by atoms with E-state index in [1.807, 2.05) is 60.7 Å². The molecule has 24 heavy (non-hydrogen) atoms. The molecule has 0 saturated heterocycles. The van der Waals surface area contributed by atoms with Gasteiger partial charge in [0.2, 0.25) is 0 Å². The molecule has 0 fully saturated rings. The molecule has 0 atom stereocenters. The normalized spacial score (nSPS) is 10.8. The number of nitrogens with one attached hydrogen (secondary N) is 2. The fourth-order valence-electron chi connectivity index (χ4n) is 2.89. The fraction of sp³-hybridized carbons (Fsp3) is 0.0500. The summed E-state index contributed by atoms with van der Waals surface area (Å²) in [7, 11) is 0. The topological polar surface area (TPSA) is 58.0 Å². The van der Waals surface area contributed by atoms with Crippen molar-refractivity contribution in [3.05, 3.63) is 84.4 Å². The van der Waals surface area contributed by atoms with Gasteiger partial charge in [-0.3, -0.25) is 4.79 Å². The molecule has 0 aliphatic carbocycles. The van der Waals surface area contributed by atoms with Crippen molar-refractivity contribution in [2.24, 2.45) is 0 Å². The first-order valence-electron chi connectivity index (χ1n) is 7.79. The molecule has 4 rings (SSSR count). The summed E-state index contributed by atoms with van der Waals surface area (Å²) in [4.78, 5) is 16.0. The van der Waals surface area contributed by atoms with E-state index in [1.54, 1.807) is 12.3 Å². The van der Waals surface area contributed by atoms with E-state index in [1.165, 1.54) is 0 Å². The van der Waals surface area contributed by atoms with Crippen LogP contribution in [0.3, 0.4) is 0 Å². The Hall–Kier alpha value is -3.27. The molecule has 0 saturated carbocycles. The van der Waals surface area contributed by atoms with E-state index in [2.05, 4.69) is 10.3 Å². The van der Waals surface area contributed by atoms with Crippen LogP contribution in [0, 0.1) is 0 Å². The number of carbonyl (C=O) groups excluding carboxylic acids is 1. The average Bonchev–Trinajstić information content (AvgIpc) is 3.28. The molecule has 0 unspecified atom stereocenters. The van der Waals surface area contributed by atoms with Crippen LogP contribution in [0.5, 0.6) is 0 Å². The van der Waals surface area contributed by atoms with Crippen molar-refractivity contribution in [2.75, 3.05) is 0 Å². The largest absolute Gasteiger partial charge is 0.467 e. The van der Waals surface area contributed by atoms with Crippen LogP contribution >= 0.6 is 0 Å². The Kier molecular flexibility index (Phi) is 3.63. The van der Waals surface area contributed by atoms with E-state index in [0.29, 0.717) is 12.2 Å². The number of benzene rings is 2. The number of rotatable bonds is 4. The molecule has 2 heterocycles. The van der Waals surface area contributed by atoms with Crippen LogP contribution in [-0.2, 0) is 6.54 Å². The molecule has 0 radical (unpaired) electrons. The second-order valence-electron chi connectivity index (χ2n) is 5.55. The lowest BCUT2D eigenvalue weighted by Gasteiger charge is -2.06. The van der Waals surface area contributed by atoms with Gasteiger partial charge in [-0.2, -0.15) is 0 Å². The molecular weight excluding hydrogens is 300 g/mol. The van der Waals surface area contributed by atoms with Gasteiger partial charge in [-0.15, -0.1) is 0 Å². The number of carbonyl (C=O) groups is 1. The average molecular weight is 316 g/mol. The van der Waals surface area contributed by atoms with Gasteiger partial charge in [0.05, 0.1) is 12.8 Å². The number of H-pyrrole nitrogens is 1. The number of hydrogen-bond donors (Lipinski definition) is 2. The molecule has 4 aromatic rings. The van der Waals surface area contributed by atoms with E-state index in [4.69, 9.17) is 4.42 Å². The summed E-state index contributed by atoms with van der Waals surface area (Å²) in [6.45, 7) is 0.357. The second kappa shape index (κ2) is 6.08. The Labute approximate surface area is 139 Å². The smallest absolute Gasteiger partial charge is 0.268 e. The standard InChI is InChI=1S/C20H16N2O2/c23-20(21-13-15-9-6-12-24-15)19-18(14-7-2-1-3-8-14)16-10-4-5-11-17(16)22-19/h1-12,22H,13H2,(H,21,23). The van der Waals surface area contributed by atoms with E-state index in [9.17, 15) is 4.79 Å². The number of aromatic amines is 1. The number of fused-ring (bicyclic) bond motifs is 1. The zero-order valence-corrected chi connectivity index (χ0v) is 13.0. The van der Waals surface area contributed by atoms with Crippen molar-refractivity contribution >= 4 is 16.8 Å². The molecule has 1 amide bonds. The quantitative estimate of drug-likeness (QED) is 0.588. The van der Waals surface area contributed by atoms with Crippen molar-refractivity contribution in [3.63, 3.8) is 0 Å². The Balaban J connectivity index is 1.75. The lowest BCUT2D eigenvalue weighted by atomic mass is 10.0. The molecule has 118 valence electrons. The minimum Gasteiger partial charge on any atom is -0.467 e. The van der Waals surface area contributed by atoms with E-state index in [0.717, 1.165) is 27.8 Å². The highest BCUT2D eigenvalue weighted by Gasteiger charge is 2.18. The van der Waals surface area contributed by atoms with Crippen LogP contribution in [-0.4, -0.2) is 10.9 Å². The Morgan fingerprint density at radius 3 is 2.54 bits per heavy atom. The van der Waals surface area contributed by atoms with Crippen molar-refractivity contribution in [1.82, 2.24) is 10.3 Å². The third kappa shape index (κ3) is 2.58. The zero-order valence-electron chi connectivity index (χ0n) is 13.0. The molecule has 0 aliphatic heterocycles. The van der Waals surface area contributed by atoms with Crippen LogP contribution < -0.4 is 5.32 Å². The summed E-state index contributed by atoms with van der Waals surface area (Å²) < 4.78 is 5.27. The molecular formula is C20H16N2O2. The molecule has 2 aromatic heterocycles. The van der Waals surface area contributed by atoms with Crippen LogP contribution in [0.4, 0.5) is 0 Å². The van der Waals surface area contributed by atoms with Crippen LogP contribution in [0.1, 0.15) is 16.2 Å². The first-order chi connectivity index (χ1) is 11.8. The highest BCUT2D eigenvalue weighted by Crippen LogP contribution is 2.32. The van der Waals surface area contributed by atoms with Gasteiger partial charge in [0.1, 0.15) is 11.5 Å². The third-order valence-corrected chi connectivity index (χ3v) is 4.00. The summed E-state index contributed by atoms with van der Waals surface area (Å²) in [5, 5.41) is 3.94. The predicted molar refractivity (Wildman–Crippen MR) is 93.6 cm³/mol. The number of amides is 1. The highest BCUT2D eigenvalue weighted by atomic mass is 16.3. The van der Waals surface area contributed by atoms with Gasteiger partial charge in [-0.05, 0) is 23.8 Å². The van der Waals surface area contributed by atoms with Crippen molar-refractivity contribution in [2.45, 2.75) is 6.54 Å². The SMILES string of the molecule is O=C(NCc1ccco1)c1[nH]c2ccccc2c1-c1ccccc1. The van der Waals surface area contributed by atoms with Gasteiger partial charge in [-0.1, -0.05) is 48.5 Å². The lowest BCUT2D eigenvalue weighted by molar-refractivity contribution is 0.0944. The first kappa shape index (κ1) is 14.3. The van der Waals surface area contributed by atoms with Crippen molar-refractivity contribution in [1.29, 1.82) is 0 Å². The van der Waals surface area contributed by atoms with Gasteiger partial charge in [0.25, 0.3) is 5.91 Å². The van der Waals surface area contributed by atoms with Crippen molar-refractivity contribution in [3.8, 4) is 11.1 Å². The van der Waals surface area contributed by atoms with E-state index < -0.39 is 0 Å². The van der Waals surface area contributed by atoms with Gasteiger partial charge in [-0.25, -0.2) is 0 Å². The van der Waals surface area contributed by atoms with E-state index in [-0.39, 0.29) is 5.91 Å². The highest BCUT2D eigenvalue weighted by molar-refractivity contribution is 6.09. The maximum atomic E-state index is 12.7. The molecule has 4 heteroatoms. The van der Waals surface area contributed by atoms with Gasteiger partial charge < -0.3 is 14.7 Å². The minimum absolute atomic E-state index is 0.151. The maximum absolute atomic E-state index is 12.7. The Morgan fingerprint density at radius 1 is 0.958 bits per heavy atom. The summed E-state index contributed by atoms with van der Waals surface area (Å²) in [5.41, 5.74) is 3.44. The van der Waals surface area contributed by atoms with Crippen LogP contribution in [0.15, 0.2) is 77.4 Å². The Morgan fingerprint density at radius 2 is 1.75 bits per heavy atom. The molecule has 0 bridgehead atoms. The maximum Gasteiger partial charge on any atom is 0.268 e. The van der Waals surface area contributed by atoms with Gasteiger partial charge in [0.15, 0.2) is 0 Å². The first-order valence-corrected chi connectivity index (χ1v) is 7.79.